The molecule has 0 aromatic carbocycles. The Morgan fingerprint density at radius 2 is 1.79 bits per heavy atom. The van der Waals surface area contributed by atoms with Crippen LogP contribution in [-0.2, 0) is 17.5 Å². The Balaban J connectivity index is 1.34. The first-order chi connectivity index (χ1) is 13.1. The Kier molecular flexibility index (Phi) is 5.11. The molecule has 3 aliphatic rings. The summed E-state index contributed by atoms with van der Waals surface area (Å²) < 4.78 is 53.2. The third kappa shape index (κ3) is 3.41. The largest absolute Gasteiger partial charge is 0.598 e. The van der Waals surface area contributed by atoms with Gasteiger partial charge in [0.25, 0.3) is 0 Å². The third-order valence-corrected chi connectivity index (χ3v) is 9.40. The second-order valence-electron chi connectivity index (χ2n) is 9.06. The number of alkyl halides is 3. The Bertz CT molecular complexity index is 694. The second kappa shape index (κ2) is 7.06. The maximum atomic E-state index is 13.1. The lowest BCUT2D eigenvalue weighted by Crippen LogP contribution is -2.51. The number of anilines is 1. The number of aromatic nitrogens is 1. The van der Waals surface area contributed by atoms with Gasteiger partial charge in [-0.1, -0.05) is 13.8 Å². The monoisotopic (exact) mass is 415 g/mol. The number of hydrogen-bond donors (Lipinski definition) is 0. The molecule has 1 saturated heterocycles. The number of pyridine rings is 1. The van der Waals surface area contributed by atoms with Gasteiger partial charge in [-0.25, -0.2) is 4.98 Å². The summed E-state index contributed by atoms with van der Waals surface area (Å²) in [5, 5.41) is 0. The first kappa shape index (κ1) is 20.3. The van der Waals surface area contributed by atoms with Crippen molar-refractivity contribution in [2.45, 2.75) is 45.7 Å². The molecule has 8 heteroatoms. The summed E-state index contributed by atoms with van der Waals surface area (Å²) >= 11 is -1.00. The molecule has 28 heavy (non-hydrogen) atoms. The number of fused-ring (bicyclic) bond motifs is 2. The van der Waals surface area contributed by atoms with Crippen molar-refractivity contribution in [2.75, 3.05) is 36.8 Å². The molecule has 3 fully saturated rings. The maximum absolute atomic E-state index is 13.1. The Hall–Kier alpha value is -0.990. The molecule has 4 nitrogen and oxygen atoms in total. The lowest BCUT2D eigenvalue weighted by molar-refractivity contribution is -0.137. The summed E-state index contributed by atoms with van der Waals surface area (Å²) in [4.78, 5) is 5.95. The van der Waals surface area contributed by atoms with Crippen molar-refractivity contribution < 1.29 is 17.7 Å². The lowest BCUT2D eigenvalue weighted by Gasteiger charge is -2.41. The third-order valence-electron chi connectivity index (χ3n) is 7.66. The van der Waals surface area contributed by atoms with Gasteiger partial charge < -0.3 is 9.45 Å². The summed E-state index contributed by atoms with van der Waals surface area (Å²) in [6.45, 7) is 7.25. The molecule has 2 bridgehead atoms. The van der Waals surface area contributed by atoms with E-state index >= 15 is 0 Å². The van der Waals surface area contributed by atoms with Crippen LogP contribution in [0.15, 0.2) is 18.3 Å². The molecule has 0 spiro atoms. The van der Waals surface area contributed by atoms with Gasteiger partial charge >= 0.3 is 6.18 Å². The van der Waals surface area contributed by atoms with Crippen molar-refractivity contribution in [1.82, 2.24) is 9.29 Å². The standard InChI is InChI=1S/C20H28F3N3OS/c1-18(2)15-5-7-19(18,8-6-15)14-28(27)26-11-9-25(10-12-26)17-4-3-16(13-24-17)20(21,22)23/h3-4,13,15H,5-12,14H2,1-2H3/t15-,19+,28?. The van der Waals surface area contributed by atoms with Gasteiger partial charge in [-0.3, -0.25) is 0 Å². The van der Waals surface area contributed by atoms with E-state index in [0.717, 1.165) is 23.9 Å². The summed E-state index contributed by atoms with van der Waals surface area (Å²) in [5.74, 6) is 2.06. The Morgan fingerprint density at radius 3 is 2.25 bits per heavy atom. The van der Waals surface area contributed by atoms with E-state index in [-0.39, 0.29) is 10.8 Å². The predicted octanol–water partition coefficient (Wildman–Crippen LogP) is 4.10. The highest BCUT2D eigenvalue weighted by Gasteiger charge is 2.61. The van der Waals surface area contributed by atoms with Gasteiger partial charge in [0.05, 0.1) is 18.7 Å². The van der Waals surface area contributed by atoms with Crippen LogP contribution in [0.1, 0.15) is 45.1 Å². The lowest BCUT2D eigenvalue weighted by atomic mass is 9.71. The van der Waals surface area contributed by atoms with Gasteiger partial charge in [-0.05, 0) is 49.1 Å². The maximum Gasteiger partial charge on any atom is 0.417 e. The Morgan fingerprint density at radius 1 is 1.14 bits per heavy atom. The molecule has 0 N–H and O–H groups in total. The van der Waals surface area contributed by atoms with E-state index in [1.165, 1.54) is 31.7 Å². The van der Waals surface area contributed by atoms with Gasteiger partial charge in [-0.2, -0.15) is 13.2 Å². The predicted molar refractivity (Wildman–Crippen MR) is 104 cm³/mol. The second-order valence-corrected chi connectivity index (χ2v) is 10.5. The van der Waals surface area contributed by atoms with Crippen LogP contribution in [-0.4, -0.2) is 45.8 Å². The van der Waals surface area contributed by atoms with Crippen LogP contribution in [0.2, 0.25) is 0 Å². The first-order valence-electron chi connectivity index (χ1n) is 10.0. The molecular weight excluding hydrogens is 387 g/mol. The highest BCUT2D eigenvalue weighted by molar-refractivity contribution is 7.89. The van der Waals surface area contributed by atoms with Gasteiger partial charge in [-0.15, -0.1) is 4.31 Å². The number of rotatable bonds is 4. The van der Waals surface area contributed by atoms with Crippen molar-refractivity contribution in [2.24, 2.45) is 16.7 Å². The molecule has 1 aliphatic heterocycles. The van der Waals surface area contributed by atoms with E-state index in [4.69, 9.17) is 0 Å². The van der Waals surface area contributed by atoms with Crippen LogP contribution < -0.4 is 4.90 Å². The molecule has 1 unspecified atom stereocenters. The summed E-state index contributed by atoms with van der Waals surface area (Å²) in [5.41, 5.74) is -0.257. The molecule has 1 aromatic rings. The van der Waals surface area contributed by atoms with E-state index in [0.29, 0.717) is 32.0 Å². The molecule has 2 heterocycles. The fraction of sp³-hybridized carbons (Fsp3) is 0.750. The van der Waals surface area contributed by atoms with Crippen LogP contribution in [0, 0.1) is 16.7 Å². The number of hydrogen-bond acceptors (Lipinski definition) is 4. The summed E-state index contributed by atoms with van der Waals surface area (Å²) in [7, 11) is 0. The molecule has 1 aromatic heterocycles. The quantitative estimate of drug-likeness (QED) is 0.695. The smallest absolute Gasteiger partial charge is 0.417 e. The number of piperazine rings is 1. The van der Waals surface area contributed by atoms with Crippen LogP contribution >= 0.6 is 0 Å². The van der Waals surface area contributed by atoms with Crippen molar-refractivity contribution >= 4 is 17.2 Å². The van der Waals surface area contributed by atoms with Gasteiger partial charge in [0.1, 0.15) is 11.6 Å². The molecule has 2 saturated carbocycles. The van der Waals surface area contributed by atoms with E-state index in [1.807, 2.05) is 9.21 Å². The molecule has 1 atom stereocenters. The van der Waals surface area contributed by atoms with Gasteiger partial charge in [0.2, 0.25) is 0 Å². The highest BCUT2D eigenvalue weighted by Crippen LogP contribution is 2.66. The highest BCUT2D eigenvalue weighted by atomic mass is 32.2. The van der Waals surface area contributed by atoms with Crippen molar-refractivity contribution in [1.29, 1.82) is 0 Å². The fourth-order valence-corrected chi connectivity index (χ4v) is 7.38. The van der Waals surface area contributed by atoms with Crippen molar-refractivity contribution in [3.63, 3.8) is 0 Å². The van der Waals surface area contributed by atoms with E-state index in [1.54, 1.807) is 0 Å². The fourth-order valence-electron chi connectivity index (χ4n) is 5.49. The topological polar surface area (TPSA) is 42.4 Å². The molecule has 0 amide bonds. The SMILES string of the molecule is CC1(C)[C@H]2CC[C@]1(C[S+]([O-])N1CCN(c3ccc(C(F)(F)F)cn3)CC1)CC2. The van der Waals surface area contributed by atoms with Crippen molar-refractivity contribution in [3.8, 4) is 0 Å². The first-order valence-corrected chi connectivity index (χ1v) is 11.3. The minimum atomic E-state index is -4.37. The van der Waals surface area contributed by atoms with Gasteiger partial charge in [0, 0.05) is 36.1 Å². The number of nitrogens with zero attached hydrogens (tertiary/aromatic N) is 3. The van der Waals surface area contributed by atoms with E-state index in [9.17, 15) is 17.7 Å². The zero-order chi connectivity index (χ0) is 20.2. The van der Waals surface area contributed by atoms with E-state index < -0.39 is 23.1 Å². The minimum absolute atomic E-state index is 0.203. The average molecular weight is 416 g/mol. The summed E-state index contributed by atoms with van der Waals surface area (Å²) in [6.07, 6.45) is 1.42. The van der Waals surface area contributed by atoms with E-state index in [2.05, 4.69) is 18.8 Å². The van der Waals surface area contributed by atoms with Crippen LogP contribution in [0.4, 0.5) is 19.0 Å². The zero-order valence-corrected chi connectivity index (χ0v) is 17.3. The zero-order valence-electron chi connectivity index (χ0n) is 16.5. The molecule has 4 rings (SSSR count). The molecule has 156 valence electrons. The molecule has 0 radical (unpaired) electrons. The Labute approximate surface area is 167 Å². The van der Waals surface area contributed by atoms with Crippen LogP contribution in [0.3, 0.4) is 0 Å². The molecule has 2 aliphatic carbocycles. The van der Waals surface area contributed by atoms with Gasteiger partial charge in [0.15, 0.2) is 0 Å². The van der Waals surface area contributed by atoms with Crippen LogP contribution in [0.25, 0.3) is 0 Å². The minimum Gasteiger partial charge on any atom is -0.598 e. The van der Waals surface area contributed by atoms with Crippen molar-refractivity contribution in [3.05, 3.63) is 23.9 Å². The number of halogens is 3. The average Bonchev–Trinajstić information content (AvgIpc) is 3.05. The normalized spacial score (nSPS) is 31.4. The molecular formula is C20H28F3N3OS. The summed E-state index contributed by atoms with van der Waals surface area (Å²) in [6, 6.07) is 2.50. The van der Waals surface area contributed by atoms with Crippen LogP contribution in [0.5, 0.6) is 0 Å².